The quantitative estimate of drug-likeness (QED) is 0.805. The molecule has 1 atom stereocenters. The van der Waals surface area contributed by atoms with Gasteiger partial charge in [-0.3, -0.25) is 0 Å². The van der Waals surface area contributed by atoms with Gasteiger partial charge in [-0.15, -0.1) is 0 Å². The summed E-state index contributed by atoms with van der Waals surface area (Å²) in [4.78, 5) is 8.72. The number of nitrogens with zero attached hydrogens (tertiary/aromatic N) is 2. The van der Waals surface area contributed by atoms with Gasteiger partial charge in [0.1, 0.15) is 19.3 Å². The van der Waals surface area contributed by atoms with Crippen molar-refractivity contribution in [1.29, 1.82) is 0 Å². The molecule has 2 heterocycles. The summed E-state index contributed by atoms with van der Waals surface area (Å²) < 4.78 is 10.8. The minimum atomic E-state index is -0.760. The van der Waals surface area contributed by atoms with Gasteiger partial charge in [0.2, 0.25) is 5.90 Å². The molecule has 17 heavy (non-hydrogen) atoms. The van der Waals surface area contributed by atoms with Crippen LogP contribution in [0.3, 0.4) is 0 Å². The third kappa shape index (κ3) is 2.97. The lowest BCUT2D eigenvalue weighted by Gasteiger charge is -2.09. The molecular weight excluding hydrogens is 220 g/mol. The minimum Gasteiger partial charge on any atom is -0.478 e. The van der Waals surface area contributed by atoms with Crippen LogP contribution in [0.4, 0.5) is 0 Å². The molecule has 0 bridgehead atoms. The fourth-order valence-corrected chi connectivity index (χ4v) is 1.80. The molecule has 0 spiro atoms. The Morgan fingerprint density at radius 1 is 1.12 bits per heavy atom. The molecule has 5 nitrogen and oxygen atoms in total. The fourth-order valence-electron chi connectivity index (χ4n) is 1.80. The number of rotatable bonds is 3. The van der Waals surface area contributed by atoms with Gasteiger partial charge in [-0.25, -0.2) is 9.98 Å². The Labute approximate surface area is 102 Å². The first kappa shape index (κ1) is 12.4. The van der Waals surface area contributed by atoms with Gasteiger partial charge >= 0.3 is 0 Å². The molecule has 2 rings (SSSR count). The average molecular weight is 240 g/mol. The van der Waals surface area contributed by atoms with Crippen LogP contribution in [0.2, 0.25) is 0 Å². The second-order valence-electron chi connectivity index (χ2n) is 5.88. The van der Waals surface area contributed by atoms with E-state index in [1.165, 1.54) is 0 Å². The van der Waals surface area contributed by atoms with Crippen molar-refractivity contribution in [2.45, 2.75) is 51.3 Å². The Hall–Kier alpha value is -1.10. The zero-order valence-electron chi connectivity index (χ0n) is 10.9. The van der Waals surface area contributed by atoms with Gasteiger partial charge < -0.3 is 14.6 Å². The first-order valence-electron chi connectivity index (χ1n) is 5.90. The van der Waals surface area contributed by atoms with Crippen LogP contribution in [-0.2, 0) is 9.47 Å². The number of ether oxygens (including phenoxy) is 2. The van der Waals surface area contributed by atoms with Crippen LogP contribution in [-0.4, -0.2) is 47.3 Å². The van der Waals surface area contributed by atoms with Crippen LogP contribution in [0.15, 0.2) is 9.98 Å². The monoisotopic (exact) mass is 240 g/mol. The van der Waals surface area contributed by atoms with Crippen molar-refractivity contribution < 1.29 is 14.6 Å². The highest BCUT2D eigenvalue weighted by Gasteiger charge is 2.33. The lowest BCUT2D eigenvalue weighted by Crippen LogP contribution is -2.24. The van der Waals surface area contributed by atoms with Crippen LogP contribution < -0.4 is 0 Å². The van der Waals surface area contributed by atoms with E-state index in [9.17, 15) is 5.11 Å². The molecule has 2 aliphatic rings. The van der Waals surface area contributed by atoms with E-state index in [4.69, 9.17) is 9.47 Å². The number of aliphatic imine (C=N–C) groups is 2. The lowest BCUT2D eigenvalue weighted by molar-refractivity contribution is 0.187. The predicted octanol–water partition coefficient (Wildman–Crippen LogP) is 1.15. The topological polar surface area (TPSA) is 63.4 Å². The highest BCUT2D eigenvalue weighted by atomic mass is 16.5. The van der Waals surface area contributed by atoms with Crippen LogP contribution in [0.5, 0.6) is 0 Å². The highest BCUT2D eigenvalue weighted by molar-refractivity contribution is 5.89. The molecule has 0 saturated carbocycles. The van der Waals surface area contributed by atoms with Gasteiger partial charge in [-0.05, 0) is 27.7 Å². The Kier molecular flexibility index (Phi) is 2.89. The molecule has 0 aromatic carbocycles. The molecular formula is C12H20N2O3. The molecule has 0 amide bonds. The van der Waals surface area contributed by atoms with E-state index >= 15 is 0 Å². The number of hydrogen-bond acceptors (Lipinski definition) is 5. The van der Waals surface area contributed by atoms with E-state index in [1.807, 2.05) is 27.7 Å². The Morgan fingerprint density at radius 3 is 2.18 bits per heavy atom. The van der Waals surface area contributed by atoms with E-state index in [1.54, 1.807) is 0 Å². The summed E-state index contributed by atoms with van der Waals surface area (Å²) in [5.41, 5.74) is -0.430. The SMILES string of the molecule is CC1(C)COC(CC(O)C2=NC(C)(C)CO2)=N1. The first-order chi connectivity index (χ1) is 7.77. The predicted molar refractivity (Wildman–Crippen MR) is 65.6 cm³/mol. The maximum absolute atomic E-state index is 10.00. The summed E-state index contributed by atoms with van der Waals surface area (Å²) in [6.45, 7) is 9.02. The van der Waals surface area contributed by atoms with Crippen molar-refractivity contribution >= 4 is 11.8 Å². The van der Waals surface area contributed by atoms with E-state index in [0.29, 0.717) is 31.4 Å². The smallest absolute Gasteiger partial charge is 0.214 e. The molecule has 0 radical (unpaired) electrons. The van der Waals surface area contributed by atoms with Gasteiger partial charge in [0.05, 0.1) is 17.5 Å². The van der Waals surface area contributed by atoms with Crippen LogP contribution >= 0.6 is 0 Å². The highest BCUT2D eigenvalue weighted by Crippen LogP contribution is 2.22. The molecule has 0 aliphatic carbocycles. The molecule has 0 aromatic heterocycles. The molecule has 1 unspecified atom stereocenters. The van der Waals surface area contributed by atoms with E-state index in [2.05, 4.69) is 9.98 Å². The maximum atomic E-state index is 10.00. The van der Waals surface area contributed by atoms with Crippen molar-refractivity contribution in [3.8, 4) is 0 Å². The summed E-state index contributed by atoms with van der Waals surface area (Å²) in [5, 5.41) is 10.00. The summed E-state index contributed by atoms with van der Waals surface area (Å²) in [6, 6.07) is 0. The van der Waals surface area contributed by atoms with Crippen molar-refractivity contribution in [3.05, 3.63) is 0 Å². The molecule has 0 aromatic rings. The molecule has 1 N–H and O–H groups in total. The van der Waals surface area contributed by atoms with Gasteiger partial charge in [-0.2, -0.15) is 0 Å². The fraction of sp³-hybridized carbons (Fsp3) is 0.833. The summed E-state index contributed by atoms with van der Waals surface area (Å²) in [6.07, 6.45) is -0.428. The maximum Gasteiger partial charge on any atom is 0.214 e. The molecule has 2 aliphatic heterocycles. The third-order valence-corrected chi connectivity index (χ3v) is 2.66. The van der Waals surface area contributed by atoms with Gasteiger partial charge in [0.25, 0.3) is 0 Å². The van der Waals surface area contributed by atoms with Crippen molar-refractivity contribution in [1.82, 2.24) is 0 Å². The zero-order valence-corrected chi connectivity index (χ0v) is 10.9. The third-order valence-electron chi connectivity index (χ3n) is 2.66. The van der Waals surface area contributed by atoms with Gasteiger partial charge in [-0.1, -0.05) is 0 Å². The van der Waals surface area contributed by atoms with Crippen LogP contribution in [0, 0.1) is 0 Å². The number of hydrogen-bond donors (Lipinski definition) is 1. The second-order valence-corrected chi connectivity index (χ2v) is 5.88. The Balaban J connectivity index is 1.97. The molecule has 5 heteroatoms. The lowest BCUT2D eigenvalue weighted by atomic mass is 10.1. The van der Waals surface area contributed by atoms with Gasteiger partial charge in [0, 0.05) is 0 Å². The molecule has 0 saturated heterocycles. The van der Waals surface area contributed by atoms with Gasteiger partial charge in [0.15, 0.2) is 5.90 Å². The van der Waals surface area contributed by atoms with Crippen molar-refractivity contribution in [3.63, 3.8) is 0 Å². The molecule has 96 valence electrons. The second kappa shape index (κ2) is 3.98. The first-order valence-corrected chi connectivity index (χ1v) is 5.90. The number of aliphatic hydroxyl groups excluding tert-OH is 1. The van der Waals surface area contributed by atoms with E-state index < -0.39 is 6.10 Å². The summed E-state index contributed by atoms with van der Waals surface area (Å²) in [5.74, 6) is 0.976. The van der Waals surface area contributed by atoms with Crippen LogP contribution in [0.25, 0.3) is 0 Å². The normalized spacial score (nSPS) is 26.9. The van der Waals surface area contributed by atoms with E-state index in [-0.39, 0.29) is 11.1 Å². The van der Waals surface area contributed by atoms with Crippen molar-refractivity contribution in [2.24, 2.45) is 9.98 Å². The Bertz CT molecular complexity index is 372. The van der Waals surface area contributed by atoms with Crippen LogP contribution in [0.1, 0.15) is 34.1 Å². The number of aliphatic hydroxyl groups is 1. The zero-order chi connectivity index (χ0) is 12.7. The summed E-state index contributed by atoms with van der Waals surface area (Å²) in [7, 11) is 0. The summed E-state index contributed by atoms with van der Waals surface area (Å²) >= 11 is 0. The average Bonchev–Trinajstić information content (AvgIpc) is 2.69. The van der Waals surface area contributed by atoms with Crippen molar-refractivity contribution in [2.75, 3.05) is 13.2 Å². The Morgan fingerprint density at radius 2 is 1.71 bits per heavy atom. The van der Waals surface area contributed by atoms with E-state index in [0.717, 1.165) is 0 Å². The largest absolute Gasteiger partial charge is 0.478 e. The standard InChI is InChI=1S/C12H20N2O3/c1-11(2)6-16-9(13-11)5-8(15)10-14-12(3,4)7-17-10/h8,15H,5-7H2,1-4H3. The minimum absolute atomic E-state index is 0.188. The molecule has 0 fully saturated rings.